The molecule has 1 aliphatic rings. The van der Waals surface area contributed by atoms with Gasteiger partial charge in [0.05, 0.1) is 21.5 Å². The maximum Gasteiger partial charge on any atom is 0.269 e. The third kappa shape index (κ3) is 3.51. The minimum atomic E-state index is -3.65. The normalized spacial score (nSPS) is 15.4. The van der Waals surface area contributed by atoms with E-state index in [1.807, 2.05) is 11.0 Å². The van der Waals surface area contributed by atoms with E-state index in [0.29, 0.717) is 31.7 Å². The second kappa shape index (κ2) is 7.11. The SMILES string of the molecule is N#Cc1cccc(S(=O)(=O)N2CCN(c3ccc([N+](=O)[O-])cc3)CC2)c1. The molecular formula is C17H16N4O4S. The van der Waals surface area contributed by atoms with E-state index in [2.05, 4.69) is 0 Å². The van der Waals surface area contributed by atoms with Gasteiger partial charge in [0, 0.05) is 44.0 Å². The smallest absolute Gasteiger partial charge is 0.269 e. The van der Waals surface area contributed by atoms with E-state index in [1.54, 1.807) is 24.3 Å². The summed E-state index contributed by atoms with van der Waals surface area (Å²) in [5, 5.41) is 19.7. The molecule has 1 heterocycles. The summed E-state index contributed by atoms with van der Waals surface area (Å²) in [6.07, 6.45) is 0. The Morgan fingerprint density at radius 1 is 1.04 bits per heavy atom. The highest BCUT2D eigenvalue weighted by atomic mass is 32.2. The van der Waals surface area contributed by atoms with E-state index in [0.717, 1.165) is 5.69 Å². The summed E-state index contributed by atoms with van der Waals surface area (Å²) in [6, 6.07) is 14.1. The number of piperazine rings is 1. The average molecular weight is 372 g/mol. The predicted molar refractivity (Wildman–Crippen MR) is 95.2 cm³/mol. The number of nitro benzene ring substituents is 1. The molecule has 1 aliphatic heterocycles. The number of benzene rings is 2. The van der Waals surface area contributed by atoms with E-state index in [4.69, 9.17) is 5.26 Å². The third-order valence-corrected chi connectivity index (χ3v) is 6.16. The summed E-state index contributed by atoms with van der Waals surface area (Å²) in [5.41, 5.74) is 1.14. The van der Waals surface area contributed by atoms with Gasteiger partial charge in [-0.2, -0.15) is 9.57 Å². The molecule has 0 bridgehead atoms. The van der Waals surface area contributed by atoms with Crippen LogP contribution in [0.5, 0.6) is 0 Å². The fraction of sp³-hybridized carbons (Fsp3) is 0.235. The van der Waals surface area contributed by atoms with Crippen LogP contribution >= 0.6 is 0 Å². The van der Waals surface area contributed by atoms with Gasteiger partial charge in [0.15, 0.2) is 0 Å². The van der Waals surface area contributed by atoms with E-state index in [9.17, 15) is 18.5 Å². The third-order valence-electron chi connectivity index (χ3n) is 4.27. The first kappa shape index (κ1) is 17.8. The van der Waals surface area contributed by atoms with Gasteiger partial charge in [-0.25, -0.2) is 8.42 Å². The van der Waals surface area contributed by atoms with Crippen LogP contribution in [0.4, 0.5) is 11.4 Å². The number of sulfonamides is 1. The Morgan fingerprint density at radius 3 is 2.27 bits per heavy atom. The standard InChI is InChI=1S/C17H16N4O4S/c18-13-14-2-1-3-17(12-14)26(24,25)20-10-8-19(9-11-20)15-4-6-16(7-5-15)21(22)23/h1-7,12H,8-11H2. The summed E-state index contributed by atoms with van der Waals surface area (Å²) in [5.74, 6) is 0. The maximum absolute atomic E-state index is 12.7. The first-order valence-electron chi connectivity index (χ1n) is 7.91. The summed E-state index contributed by atoms with van der Waals surface area (Å²) in [6.45, 7) is 1.57. The van der Waals surface area contributed by atoms with Gasteiger partial charge in [-0.05, 0) is 30.3 Å². The Balaban J connectivity index is 1.71. The molecule has 8 nitrogen and oxygen atoms in total. The Morgan fingerprint density at radius 2 is 1.69 bits per heavy atom. The van der Waals surface area contributed by atoms with Crippen molar-refractivity contribution in [2.24, 2.45) is 0 Å². The van der Waals surface area contributed by atoms with Gasteiger partial charge in [0.25, 0.3) is 5.69 Å². The number of rotatable bonds is 4. The largest absolute Gasteiger partial charge is 0.369 e. The minimum Gasteiger partial charge on any atom is -0.369 e. The van der Waals surface area contributed by atoms with E-state index < -0.39 is 14.9 Å². The fourth-order valence-electron chi connectivity index (χ4n) is 2.85. The summed E-state index contributed by atoms with van der Waals surface area (Å²) < 4.78 is 26.9. The van der Waals surface area contributed by atoms with Gasteiger partial charge in [-0.3, -0.25) is 10.1 Å². The first-order valence-corrected chi connectivity index (χ1v) is 9.35. The molecule has 0 atom stereocenters. The molecule has 0 aromatic heterocycles. The molecule has 0 unspecified atom stereocenters. The predicted octanol–water partition coefficient (Wildman–Crippen LogP) is 1.98. The lowest BCUT2D eigenvalue weighted by molar-refractivity contribution is -0.384. The molecule has 0 spiro atoms. The Bertz CT molecular complexity index is 959. The van der Waals surface area contributed by atoms with Crippen molar-refractivity contribution >= 4 is 21.4 Å². The Kier molecular flexibility index (Phi) is 4.88. The van der Waals surface area contributed by atoms with Crippen LogP contribution in [0.25, 0.3) is 0 Å². The molecule has 0 radical (unpaired) electrons. The number of nitriles is 1. The maximum atomic E-state index is 12.7. The first-order chi connectivity index (χ1) is 12.4. The van der Waals surface area contributed by atoms with Crippen molar-refractivity contribution in [1.29, 1.82) is 5.26 Å². The molecule has 0 saturated carbocycles. The quantitative estimate of drug-likeness (QED) is 0.600. The molecule has 0 aliphatic carbocycles. The lowest BCUT2D eigenvalue weighted by Crippen LogP contribution is -2.48. The zero-order chi connectivity index (χ0) is 18.7. The van der Waals surface area contributed by atoms with Crippen molar-refractivity contribution in [3.05, 3.63) is 64.2 Å². The van der Waals surface area contributed by atoms with Crippen LogP contribution in [0, 0.1) is 21.4 Å². The van der Waals surface area contributed by atoms with Gasteiger partial charge in [-0.15, -0.1) is 0 Å². The minimum absolute atomic E-state index is 0.0207. The number of hydrogen-bond donors (Lipinski definition) is 0. The number of nitro groups is 1. The van der Waals surface area contributed by atoms with E-state index in [1.165, 1.54) is 28.6 Å². The van der Waals surface area contributed by atoms with Crippen LogP contribution in [0.3, 0.4) is 0 Å². The highest BCUT2D eigenvalue weighted by Crippen LogP contribution is 2.23. The van der Waals surface area contributed by atoms with Crippen molar-refractivity contribution in [2.75, 3.05) is 31.1 Å². The molecule has 134 valence electrons. The molecule has 26 heavy (non-hydrogen) atoms. The zero-order valence-electron chi connectivity index (χ0n) is 13.8. The molecule has 0 N–H and O–H groups in total. The van der Waals surface area contributed by atoms with Crippen LogP contribution in [0.15, 0.2) is 53.4 Å². The van der Waals surface area contributed by atoms with Crippen LogP contribution in [-0.2, 0) is 10.0 Å². The van der Waals surface area contributed by atoms with Crippen molar-refractivity contribution < 1.29 is 13.3 Å². The lowest BCUT2D eigenvalue weighted by atomic mass is 10.2. The molecule has 9 heteroatoms. The van der Waals surface area contributed by atoms with Crippen molar-refractivity contribution in [1.82, 2.24) is 4.31 Å². The number of hydrogen-bond acceptors (Lipinski definition) is 6. The highest BCUT2D eigenvalue weighted by molar-refractivity contribution is 7.89. The van der Waals surface area contributed by atoms with Crippen LogP contribution in [-0.4, -0.2) is 43.8 Å². The second-order valence-corrected chi connectivity index (χ2v) is 7.74. The lowest BCUT2D eigenvalue weighted by Gasteiger charge is -2.35. The van der Waals surface area contributed by atoms with Crippen LogP contribution in [0.2, 0.25) is 0 Å². The topological polar surface area (TPSA) is 108 Å². The van der Waals surface area contributed by atoms with Gasteiger partial charge >= 0.3 is 0 Å². The highest BCUT2D eigenvalue weighted by Gasteiger charge is 2.28. The van der Waals surface area contributed by atoms with Gasteiger partial charge < -0.3 is 4.90 Å². The second-order valence-electron chi connectivity index (χ2n) is 5.80. The van der Waals surface area contributed by atoms with E-state index in [-0.39, 0.29) is 10.6 Å². The molecule has 3 rings (SSSR count). The van der Waals surface area contributed by atoms with Crippen LogP contribution < -0.4 is 4.90 Å². The molecule has 0 amide bonds. The summed E-state index contributed by atoms with van der Waals surface area (Å²) >= 11 is 0. The summed E-state index contributed by atoms with van der Waals surface area (Å²) in [7, 11) is -3.65. The summed E-state index contributed by atoms with van der Waals surface area (Å²) in [4.78, 5) is 12.4. The van der Waals surface area contributed by atoms with Crippen molar-refractivity contribution in [3.8, 4) is 6.07 Å². The number of anilines is 1. The van der Waals surface area contributed by atoms with Gasteiger partial charge in [0.2, 0.25) is 10.0 Å². The number of non-ortho nitro benzene ring substituents is 1. The molecule has 1 fully saturated rings. The van der Waals surface area contributed by atoms with E-state index >= 15 is 0 Å². The van der Waals surface area contributed by atoms with Gasteiger partial charge in [-0.1, -0.05) is 6.07 Å². The van der Waals surface area contributed by atoms with Crippen LogP contribution in [0.1, 0.15) is 5.56 Å². The Labute approximate surface area is 151 Å². The molecule has 2 aromatic rings. The monoisotopic (exact) mass is 372 g/mol. The fourth-order valence-corrected chi connectivity index (χ4v) is 4.32. The van der Waals surface area contributed by atoms with Crippen molar-refractivity contribution in [3.63, 3.8) is 0 Å². The number of nitrogens with zero attached hydrogens (tertiary/aromatic N) is 4. The Hall–Kier alpha value is -2.96. The molecular weight excluding hydrogens is 356 g/mol. The average Bonchev–Trinajstić information content (AvgIpc) is 2.68. The molecule has 1 saturated heterocycles. The van der Waals surface area contributed by atoms with Crippen molar-refractivity contribution in [2.45, 2.75) is 4.90 Å². The zero-order valence-corrected chi connectivity index (χ0v) is 14.6. The molecule has 2 aromatic carbocycles. The van der Waals surface area contributed by atoms with Gasteiger partial charge in [0.1, 0.15) is 0 Å².